The summed E-state index contributed by atoms with van der Waals surface area (Å²) in [4.78, 5) is 29.9. The molecule has 0 unspecified atom stereocenters. The van der Waals surface area contributed by atoms with Crippen LogP contribution in [0.3, 0.4) is 0 Å². The molecule has 0 radical (unpaired) electrons. The van der Waals surface area contributed by atoms with Crippen molar-refractivity contribution >= 4 is 11.8 Å². The number of carbonyl (C=O) groups is 2. The summed E-state index contributed by atoms with van der Waals surface area (Å²) in [5, 5.41) is 2.53. The highest BCUT2D eigenvalue weighted by molar-refractivity contribution is 5.94. The first-order chi connectivity index (χ1) is 10.0. The summed E-state index contributed by atoms with van der Waals surface area (Å²) < 4.78 is 26.6. The number of rotatable bonds is 3. The van der Waals surface area contributed by atoms with Crippen molar-refractivity contribution in [1.29, 1.82) is 0 Å². The maximum atomic E-state index is 13.6. The van der Waals surface area contributed by atoms with Gasteiger partial charge in [-0.1, -0.05) is 0 Å². The van der Waals surface area contributed by atoms with E-state index in [1.807, 2.05) is 4.90 Å². The minimum Gasteiger partial charge on any atom is -0.358 e. The molecule has 2 rings (SSSR count). The van der Waals surface area contributed by atoms with E-state index in [-0.39, 0.29) is 18.0 Å². The molecule has 114 valence electrons. The van der Waals surface area contributed by atoms with Crippen LogP contribution in [-0.4, -0.2) is 66.4 Å². The molecule has 6 nitrogen and oxygen atoms in total. The lowest BCUT2D eigenvalue weighted by molar-refractivity contribution is -0.122. The molecule has 2 amide bonds. The van der Waals surface area contributed by atoms with Gasteiger partial charge in [0, 0.05) is 39.4 Å². The van der Waals surface area contributed by atoms with Crippen LogP contribution >= 0.6 is 0 Å². The largest absolute Gasteiger partial charge is 0.358 e. The van der Waals surface area contributed by atoms with Crippen LogP contribution in [-0.2, 0) is 4.79 Å². The number of aromatic nitrogens is 1. The monoisotopic (exact) mass is 298 g/mol. The van der Waals surface area contributed by atoms with Gasteiger partial charge in [-0.2, -0.15) is 4.39 Å². The lowest BCUT2D eigenvalue weighted by Crippen LogP contribution is -2.51. The third-order valence-electron chi connectivity index (χ3n) is 3.38. The summed E-state index contributed by atoms with van der Waals surface area (Å²) in [5.41, 5.74) is -0.317. The molecule has 1 N–H and O–H groups in total. The molecule has 0 aromatic carbocycles. The Morgan fingerprint density at radius 2 is 1.95 bits per heavy atom. The zero-order valence-corrected chi connectivity index (χ0v) is 11.6. The Bertz CT molecular complexity index is 545. The standard InChI is InChI=1S/C13H16F2N4O2/c1-16-10(20)8-18-4-6-19(7-5-18)13(21)9-2-3-17-12(15)11(9)14/h2-3H,4-8H2,1H3,(H,16,20). The van der Waals surface area contributed by atoms with Gasteiger partial charge in [-0.05, 0) is 6.07 Å². The molecule has 1 saturated heterocycles. The average molecular weight is 298 g/mol. The van der Waals surface area contributed by atoms with E-state index in [2.05, 4.69) is 10.3 Å². The summed E-state index contributed by atoms with van der Waals surface area (Å²) in [5.74, 6) is -3.17. The van der Waals surface area contributed by atoms with Crippen molar-refractivity contribution < 1.29 is 18.4 Å². The molecule has 0 aliphatic carbocycles. The average Bonchev–Trinajstić information content (AvgIpc) is 2.50. The summed E-state index contributed by atoms with van der Waals surface area (Å²) in [6.07, 6.45) is 1.06. The Hall–Kier alpha value is -2.09. The normalized spacial score (nSPS) is 15.9. The number of likely N-dealkylation sites (N-methyl/N-ethyl adjacent to an activating group) is 1. The van der Waals surface area contributed by atoms with E-state index in [1.165, 1.54) is 4.90 Å². The Kier molecular flexibility index (Phi) is 4.79. The SMILES string of the molecule is CNC(=O)CN1CCN(C(=O)c2ccnc(F)c2F)CC1. The van der Waals surface area contributed by atoms with Crippen LogP contribution in [0, 0.1) is 11.8 Å². The number of piperazine rings is 1. The summed E-state index contributed by atoms with van der Waals surface area (Å²) in [6.45, 7) is 2.00. The van der Waals surface area contributed by atoms with Crippen LogP contribution in [0.25, 0.3) is 0 Å². The van der Waals surface area contributed by atoms with Gasteiger partial charge in [0.2, 0.25) is 11.9 Å². The smallest absolute Gasteiger partial charge is 0.257 e. The first kappa shape index (κ1) is 15.3. The maximum absolute atomic E-state index is 13.6. The first-order valence-corrected chi connectivity index (χ1v) is 6.55. The molecule has 1 aliphatic heterocycles. The predicted molar refractivity (Wildman–Crippen MR) is 70.6 cm³/mol. The van der Waals surface area contributed by atoms with Gasteiger partial charge in [-0.3, -0.25) is 14.5 Å². The van der Waals surface area contributed by atoms with Crippen molar-refractivity contribution in [2.45, 2.75) is 0 Å². The fourth-order valence-electron chi connectivity index (χ4n) is 2.14. The molecule has 8 heteroatoms. The Balaban J connectivity index is 1.97. The topological polar surface area (TPSA) is 65.5 Å². The molecule has 0 spiro atoms. The number of pyridine rings is 1. The number of nitrogens with zero attached hydrogens (tertiary/aromatic N) is 3. The maximum Gasteiger partial charge on any atom is 0.257 e. The Morgan fingerprint density at radius 1 is 1.29 bits per heavy atom. The van der Waals surface area contributed by atoms with Crippen LogP contribution in [0.5, 0.6) is 0 Å². The third-order valence-corrected chi connectivity index (χ3v) is 3.38. The number of halogens is 2. The molecule has 1 aromatic heterocycles. The van der Waals surface area contributed by atoms with Gasteiger partial charge in [0.05, 0.1) is 12.1 Å². The number of nitrogens with one attached hydrogen (secondary N) is 1. The first-order valence-electron chi connectivity index (χ1n) is 6.55. The van der Waals surface area contributed by atoms with Gasteiger partial charge in [-0.15, -0.1) is 0 Å². The fraction of sp³-hybridized carbons (Fsp3) is 0.462. The van der Waals surface area contributed by atoms with Crippen LogP contribution in [0.2, 0.25) is 0 Å². The second kappa shape index (κ2) is 6.57. The van der Waals surface area contributed by atoms with Gasteiger partial charge in [0.25, 0.3) is 5.91 Å². The molecular formula is C13H16F2N4O2. The van der Waals surface area contributed by atoms with Crippen LogP contribution < -0.4 is 5.32 Å². The Morgan fingerprint density at radius 3 is 2.57 bits per heavy atom. The van der Waals surface area contributed by atoms with Crippen molar-refractivity contribution in [2.75, 3.05) is 39.8 Å². The number of hydrogen-bond donors (Lipinski definition) is 1. The van der Waals surface area contributed by atoms with Crippen LogP contribution in [0.15, 0.2) is 12.3 Å². The van der Waals surface area contributed by atoms with E-state index < -0.39 is 17.7 Å². The highest BCUT2D eigenvalue weighted by atomic mass is 19.2. The molecule has 0 bridgehead atoms. The van der Waals surface area contributed by atoms with Crippen molar-refractivity contribution in [2.24, 2.45) is 0 Å². The summed E-state index contributed by atoms with van der Waals surface area (Å²) in [7, 11) is 1.56. The number of carbonyl (C=O) groups excluding carboxylic acids is 2. The molecule has 0 atom stereocenters. The van der Waals surface area contributed by atoms with Crippen molar-refractivity contribution in [1.82, 2.24) is 20.1 Å². The molecule has 2 heterocycles. The van der Waals surface area contributed by atoms with Gasteiger partial charge >= 0.3 is 0 Å². The summed E-state index contributed by atoms with van der Waals surface area (Å²) in [6, 6.07) is 1.16. The van der Waals surface area contributed by atoms with Crippen molar-refractivity contribution in [3.8, 4) is 0 Å². The molecule has 1 fully saturated rings. The van der Waals surface area contributed by atoms with E-state index in [4.69, 9.17) is 0 Å². The summed E-state index contributed by atoms with van der Waals surface area (Å²) >= 11 is 0. The van der Waals surface area contributed by atoms with Crippen LogP contribution in [0.1, 0.15) is 10.4 Å². The predicted octanol–water partition coefficient (Wildman–Crippen LogP) is -0.136. The van der Waals surface area contributed by atoms with E-state index >= 15 is 0 Å². The lowest BCUT2D eigenvalue weighted by atomic mass is 10.2. The molecular weight excluding hydrogens is 282 g/mol. The second-order valence-electron chi connectivity index (χ2n) is 4.70. The van der Waals surface area contributed by atoms with E-state index in [9.17, 15) is 18.4 Å². The quantitative estimate of drug-likeness (QED) is 0.789. The Labute approximate surface area is 120 Å². The van der Waals surface area contributed by atoms with Crippen molar-refractivity contribution in [3.63, 3.8) is 0 Å². The van der Waals surface area contributed by atoms with E-state index in [1.54, 1.807) is 7.05 Å². The molecule has 1 aromatic rings. The van der Waals surface area contributed by atoms with Gasteiger partial charge in [-0.25, -0.2) is 9.37 Å². The molecule has 21 heavy (non-hydrogen) atoms. The third kappa shape index (κ3) is 3.52. The second-order valence-corrected chi connectivity index (χ2v) is 4.70. The zero-order valence-electron chi connectivity index (χ0n) is 11.6. The minimum atomic E-state index is -1.28. The van der Waals surface area contributed by atoms with Crippen molar-refractivity contribution in [3.05, 3.63) is 29.6 Å². The molecule has 0 saturated carbocycles. The van der Waals surface area contributed by atoms with Gasteiger partial charge < -0.3 is 10.2 Å². The van der Waals surface area contributed by atoms with Gasteiger partial charge in [0.1, 0.15) is 0 Å². The van der Waals surface area contributed by atoms with Gasteiger partial charge in [0.15, 0.2) is 5.82 Å². The molecule has 1 aliphatic rings. The highest BCUT2D eigenvalue weighted by Gasteiger charge is 2.26. The fourth-order valence-corrected chi connectivity index (χ4v) is 2.14. The number of hydrogen-bond acceptors (Lipinski definition) is 4. The van der Waals surface area contributed by atoms with Crippen LogP contribution in [0.4, 0.5) is 8.78 Å². The highest BCUT2D eigenvalue weighted by Crippen LogP contribution is 2.13. The lowest BCUT2D eigenvalue weighted by Gasteiger charge is -2.34. The minimum absolute atomic E-state index is 0.1000. The number of amides is 2. The van der Waals surface area contributed by atoms with E-state index in [0.717, 1.165) is 12.3 Å². The zero-order chi connectivity index (χ0) is 15.4. The van der Waals surface area contributed by atoms with E-state index in [0.29, 0.717) is 26.2 Å².